The van der Waals surface area contributed by atoms with E-state index in [1.165, 1.54) is 0 Å². The van der Waals surface area contributed by atoms with Crippen molar-refractivity contribution in [2.24, 2.45) is 0 Å². The highest BCUT2D eigenvalue weighted by Crippen LogP contribution is 2.28. The van der Waals surface area contributed by atoms with E-state index in [1.54, 1.807) is 0 Å². The molecule has 0 saturated carbocycles. The number of pyridine rings is 1. The molecule has 182 valence electrons. The van der Waals surface area contributed by atoms with Gasteiger partial charge in [0.05, 0.1) is 28.8 Å². The normalized spacial score (nSPS) is 18.7. The van der Waals surface area contributed by atoms with Crippen molar-refractivity contribution < 1.29 is 0 Å². The molecular formula is C26H33N9. The molecule has 0 spiro atoms. The van der Waals surface area contributed by atoms with Crippen LogP contribution in [0.2, 0.25) is 0 Å². The van der Waals surface area contributed by atoms with Crippen LogP contribution in [-0.2, 0) is 0 Å². The minimum Gasteiger partial charge on any atom is -0.365 e. The highest BCUT2D eigenvalue weighted by molar-refractivity contribution is 5.73. The second kappa shape index (κ2) is 10.8. The summed E-state index contributed by atoms with van der Waals surface area (Å²) >= 11 is 0. The lowest BCUT2D eigenvalue weighted by Gasteiger charge is -2.35. The van der Waals surface area contributed by atoms with Crippen LogP contribution < -0.4 is 20.4 Å². The van der Waals surface area contributed by atoms with E-state index >= 15 is 0 Å². The zero-order chi connectivity index (χ0) is 24.0. The van der Waals surface area contributed by atoms with Crippen LogP contribution in [0.3, 0.4) is 0 Å². The Hall–Kier alpha value is -3.59. The van der Waals surface area contributed by atoms with Crippen LogP contribution in [0.1, 0.15) is 31.2 Å². The number of nitrogens with one attached hydrogen (secondary N) is 2. The maximum absolute atomic E-state index is 5.02. The summed E-state index contributed by atoms with van der Waals surface area (Å²) in [6.07, 6.45) is 11.8. The average molecular weight is 472 g/mol. The fraction of sp³-hybridized carbons (Fsp3) is 0.423. The van der Waals surface area contributed by atoms with Gasteiger partial charge < -0.3 is 20.4 Å². The van der Waals surface area contributed by atoms with Gasteiger partial charge in [-0.05, 0) is 51.4 Å². The van der Waals surface area contributed by atoms with Crippen molar-refractivity contribution in [1.29, 1.82) is 0 Å². The number of aromatic nitrogens is 5. The molecule has 0 unspecified atom stereocenters. The number of piperidine rings is 1. The summed E-state index contributed by atoms with van der Waals surface area (Å²) in [5.74, 6) is 2.58. The summed E-state index contributed by atoms with van der Waals surface area (Å²) in [4.78, 5) is 28.3. The van der Waals surface area contributed by atoms with Crippen LogP contribution in [0.4, 0.5) is 17.6 Å². The number of allylic oxidation sites excluding steroid dienone is 1. The van der Waals surface area contributed by atoms with E-state index in [0.717, 1.165) is 92.3 Å². The third kappa shape index (κ3) is 5.40. The van der Waals surface area contributed by atoms with Gasteiger partial charge in [0.25, 0.3) is 0 Å². The van der Waals surface area contributed by atoms with Crippen LogP contribution in [0.15, 0.2) is 42.9 Å². The molecule has 3 aromatic rings. The number of hydrogen-bond donors (Lipinski definition) is 2. The molecule has 0 radical (unpaired) electrons. The number of aryl methyl sites for hydroxylation is 1. The Morgan fingerprint density at radius 3 is 2.63 bits per heavy atom. The molecule has 9 heteroatoms. The molecule has 5 rings (SSSR count). The Balaban J connectivity index is 1.41. The van der Waals surface area contributed by atoms with Crippen molar-refractivity contribution in [2.75, 3.05) is 54.4 Å². The van der Waals surface area contributed by atoms with Gasteiger partial charge in [-0.3, -0.25) is 4.98 Å². The Bertz CT molecular complexity index is 1150. The van der Waals surface area contributed by atoms with Crippen LogP contribution in [-0.4, -0.2) is 70.2 Å². The molecule has 2 fully saturated rings. The highest BCUT2D eigenvalue weighted by atomic mass is 15.3. The summed E-state index contributed by atoms with van der Waals surface area (Å²) in [5.41, 5.74) is 3.43. The lowest BCUT2D eigenvalue weighted by atomic mass is 10.1. The third-order valence-electron chi connectivity index (χ3n) is 6.54. The molecule has 0 bridgehead atoms. The van der Waals surface area contributed by atoms with Crippen molar-refractivity contribution in [2.45, 2.75) is 32.7 Å². The quantitative estimate of drug-likeness (QED) is 0.562. The predicted molar refractivity (Wildman–Crippen MR) is 141 cm³/mol. The zero-order valence-electron chi connectivity index (χ0n) is 20.5. The van der Waals surface area contributed by atoms with Gasteiger partial charge in [0.2, 0.25) is 5.95 Å². The number of nitrogens with zero attached hydrogens (tertiary/aromatic N) is 7. The predicted octanol–water partition coefficient (Wildman–Crippen LogP) is 3.16. The van der Waals surface area contributed by atoms with Crippen LogP contribution in [0.25, 0.3) is 17.3 Å². The number of piperazine rings is 1. The summed E-state index contributed by atoms with van der Waals surface area (Å²) in [6.45, 7) is 9.40. The van der Waals surface area contributed by atoms with E-state index in [2.05, 4.69) is 36.5 Å². The smallest absolute Gasteiger partial charge is 0.227 e. The maximum Gasteiger partial charge on any atom is 0.227 e. The van der Waals surface area contributed by atoms with Gasteiger partial charge in [0, 0.05) is 51.2 Å². The molecule has 0 aromatic carbocycles. The summed E-state index contributed by atoms with van der Waals surface area (Å²) < 4.78 is 0. The van der Waals surface area contributed by atoms with Gasteiger partial charge in [-0.15, -0.1) is 0 Å². The van der Waals surface area contributed by atoms with Crippen LogP contribution in [0.5, 0.6) is 0 Å². The molecule has 9 nitrogen and oxygen atoms in total. The molecule has 3 aromatic heterocycles. The number of rotatable bonds is 6. The van der Waals surface area contributed by atoms with Crippen LogP contribution in [0, 0.1) is 6.92 Å². The number of hydrogen-bond acceptors (Lipinski definition) is 9. The van der Waals surface area contributed by atoms with Crippen LogP contribution >= 0.6 is 0 Å². The van der Waals surface area contributed by atoms with E-state index in [4.69, 9.17) is 15.0 Å². The first-order valence-electron chi connectivity index (χ1n) is 12.4. The van der Waals surface area contributed by atoms with Gasteiger partial charge in [0.15, 0.2) is 0 Å². The molecule has 35 heavy (non-hydrogen) atoms. The SMILES string of the molecule is C/C=C\c1nc(-c2cnc(N3CCN(c4ccccn4)CC3)nc2N[C@H]2CCCNC2)cnc1C. The summed E-state index contributed by atoms with van der Waals surface area (Å²) in [6, 6.07) is 6.36. The van der Waals surface area contributed by atoms with Crippen molar-refractivity contribution >= 4 is 23.7 Å². The fourth-order valence-electron chi connectivity index (χ4n) is 4.58. The van der Waals surface area contributed by atoms with Crippen molar-refractivity contribution in [3.63, 3.8) is 0 Å². The first-order valence-corrected chi connectivity index (χ1v) is 12.4. The topological polar surface area (TPSA) is 95.0 Å². The zero-order valence-corrected chi connectivity index (χ0v) is 20.5. The minimum absolute atomic E-state index is 0.319. The average Bonchev–Trinajstić information content (AvgIpc) is 2.91. The first-order chi connectivity index (χ1) is 17.2. The van der Waals surface area contributed by atoms with Gasteiger partial charge in [0.1, 0.15) is 11.6 Å². The molecular weight excluding hydrogens is 438 g/mol. The fourth-order valence-corrected chi connectivity index (χ4v) is 4.58. The Morgan fingerprint density at radius 2 is 1.89 bits per heavy atom. The van der Waals surface area contributed by atoms with E-state index in [1.807, 2.05) is 56.7 Å². The number of anilines is 3. The molecule has 1 atom stereocenters. The van der Waals surface area contributed by atoms with Gasteiger partial charge in [-0.1, -0.05) is 12.1 Å². The first kappa shape index (κ1) is 23.2. The van der Waals surface area contributed by atoms with E-state index in [0.29, 0.717) is 6.04 Å². The minimum atomic E-state index is 0.319. The van der Waals surface area contributed by atoms with E-state index in [9.17, 15) is 0 Å². The largest absolute Gasteiger partial charge is 0.365 e. The molecule has 5 heterocycles. The van der Waals surface area contributed by atoms with E-state index in [-0.39, 0.29) is 0 Å². The Morgan fingerprint density at radius 1 is 1.03 bits per heavy atom. The Kier molecular flexibility index (Phi) is 7.13. The third-order valence-corrected chi connectivity index (χ3v) is 6.54. The molecule has 0 aliphatic carbocycles. The lowest BCUT2D eigenvalue weighted by Crippen LogP contribution is -2.47. The lowest BCUT2D eigenvalue weighted by molar-refractivity contribution is 0.479. The summed E-state index contributed by atoms with van der Waals surface area (Å²) in [5, 5.41) is 7.16. The van der Waals surface area contributed by atoms with Gasteiger partial charge in [-0.2, -0.15) is 4.98 Å². The second-order valence-electron chi connectivity index (χ2n) is 9.01. The Labute approximate surface area is 206 Å². The molecule has 2 saturated heterocycles. The van der Waals surface area contributed by atoms with Crippen molar-refractivity contribution in [3.8, 4) is 11.3 Å². The van der Waals surface area contributed by atoms with Gasteiger partial charge in [-0.25, -0.2) is 15.0 Å². The monoisotopic (exact) mass is 471 g/mol. The second-order valence-corrected chi connectivity index (χ2v) is 9.01. The maximum atomic E-state index is 5.02. The van der Waals surface area contributed by atoms with Crippen molar-refractivity contribution in [3.05, 3.63) is 54.3 Å². The molecule has 2 aliphatic rings. The van der Waals surface area contributed by atoms with E-state index < -0.39 is 0 Å². The van der Waals surface area contributed by atoms with Gasteiger partial charge >= 0.3 is 0 Å². The molecule has 2 N–H and O–H groups in total. The van der Waals surface area contributed by atoms with Crippen molar-refractivity contribution in [1.82, 2.24) is 30.2 Å². The molecule has 2 aliphatic heterocycles. The summed E-state index contributed by atoms with van der Waals surface area (Å²) in [7, 11) is 0. The standard InChI is InChI=1S/C26H33N9/c1-3-7-22-19(2)29-18-23(32-22)21-17-30-26(33-25(21)31-20-8-6-10-27-16-20)35-14-12-34(13-15-35)24-9-4-5-11-28-24/h3-5,7,9,11,17-18,20,27H,6,8,10,12-16H2,1-2H3,(H,30,31,33)/b7-3-/t20-/m0/s1. The highest BCUT2D eigenvalue weighted by Gasteiger charge is 2.23. The molecule has 0 amide bonds.